The number of anilines is 2. The number of nitrogens with zero attached hydrogens (tertiary/aromatic N) is 1. The lowest BCUT2D eigenvalue weighted by atomic mass is 9.93. The van der Waals surface area contributed by atoms with Crippen molar-refractivity contribution < 1.29 is 9.53 Å². The molecule has 6 heteroatoms. The second kappa shape index (κ2) is 7.84. The van der Waals surface area contributed by atoms with Gasteiger partial charge in [0.15, 0.2) is 0 Å². The highest BCUT2D eigenvalue weighted by Gasteiger charge is 2.35. The quantitative estimate of drug-likeness (QED) is 0.773. The number of nitrogens with one attached hydrogen (secondary N) is 3. The summed E-state index contributed by atoms with van der Waals surface area (Å²) in [6.45, 7) is 5.97. The van der Waals surface area contributed by atoms with Crippen LogP contribution < -0.4 is 20.9 Å². The Kier molecular flexibility index (Phi) is 5.31. The molecule has 6 nitrogen and oxygen atoms in total. The Morgan fingerprint density at radius 3 is 3.12 bits per heavy atom. The van der Waals surface area contributed by atoms with Crippen LogP contribution in [0.25, 0.3) is 0 Å². The second-order valence-corrected chi connectivity index (χ2v) is 7.56. The van der Waals surface area contributed by atoms with Crippen molar-refractivity contribution in [3.63, 3.8) is 0 Å². The van der Waals surface area contributed by atoms with Crippen LogP contribution in [0.5, 0.6) is 0 Å². The molecule has 0 aromatic heterocycles. The van der Waals surface area contributed by atoms with Gasteiger partial charge in [-0.05, 0) is 49.8 Å². The van der Waals surface area contributed by atoms with Crippen LogP contribution >= 0.6 is 0 Å². The Bertz CT molecular complexity index is 645. The van der Waals surface area contributed by atoms with Crippen molar-refractivity contribution in [3.8, 4) is 0 Å². The van der Waals surface area contributed by atoms with E-state index < -0.39 is 0 Å². The number of urea groups is 1. The number of ether oxygens (including phenoxy) is 1. The molecule has 1 aromatic rings. The third-order valence-corrected chi connectivity index (χ3v) is 5.94. The van der Waals surface area contributed by atoms with E-state index in [4.69, 9.17) is 4.74 Å². The molecule has 2 fully saturated rings. The van der Waals surface area contributed by atoms with Gasteiger partial charge in [0.25, 0.3) is 0 Å². The monoisotopic (exact) mass is 358 g/mol. The summed E-state index contributed by atoms with van der Waals surface area (Å²) in [5.74, 6) is 0.600. The SMILES string of the molecule is CCNC(=O)N1CCc2ccc(NC3CCCC3C3COCCN3)cc21. The third kappa shape index (κ3) is 3.53. The van der Waals surface area contributed by atoms with Crippen molar-refractivity contribution in [1.82, 2.24) is 10.6 Å². The second-order valence-electron chi connectivity index (χ2n) is 7.56. The first-order valence-corrected chi connectivity index (χ1v) is 10.0. The van der Waals surface area contributed by atoms with E-state index in [9.17, 15) is 4.79 Å². The van der Waals surface area contributed by atoms with Crippen molar-refractivity contribution in [2.45, 2.75) is 44.7 Å². The van der Waals surface area contributed by atoms with Gasteiger partial charge in [-0.25, -0.2) is 4.79 Å². The lowest BCUT2D eigenvalue weighted by molar-refractivity contribution is 0.0559. The van der Waals surface area contributed by atoms with Gasteiger partial charge in [0.1, 0.15) is 0 Å². The molecule has 4 rings (SSSR count). The van der Waals surface area contributed by atoms with Crippen LogP contribution in [0.1, 0.15) is 31.7 Å². The first kappa shape index (κ1) is 17.6. The predicted molar refractivity (Wildman–Crippen MR) is 104 cm³/mol. The van der Waals surface area contributed by atoms with Crippen molar-refractivity contribution in [2.24, 2.45) is 5.92 Å². The molecule has 3 unspecified atom stereocenters. The Balaban J connectivity index is 1.47. The molecular weight excluding hydrogens is 328 g/mol. The fourth-order valence-electron chi connectivity index (χ4n) is 4.65. The fraction of sp³-hybridized carbons (Fsp3) is 0.650. The van der Waals surface area contributed by atoms with E-state index in [1.807, 2.05) is 11.8 Å². The molecule has 1 aromatic carbocycles. The summed E-state index contributed by atoms with van der Waals surface area (Å²) in [4.78, 5) is 14.2. The maximum atomic E-state index is 12.3. The number of carbonyl (C=O) groups is 1. The number of benzene rings is 1. The maximum Gasteiger partial charge on any atom is 0.321 e. The smallest absolute Gasteiger partial charge is 0.321 e. The van der Waals surface area contributed by atoms with Crippen LogP contribution in [0.4, 0.5) is 16.2 Å². The largest absolute Gasteiger partial charge is 0.382 e. The highest BCUT2D eigenvalue weighted by molar-refractivity contribution is 5.94. The van der Waals surface area contributed by atoms with Gasteiger partial charge in [0.05, 0.1) is 18.9 Å². The van der Waals surface area contributed by atoms with Crippen LogP contribution in [-0.2, 0) is 11.2 Å². The number of hydrogen-bond donors (Lipinski definition) is 3. The summed E-state index contributed by atoms with van der Waals surface area (Å²) in [5.41, 5.74) is 3.43. The molecule has 1 saturated heterocycles. The van der Waals surface area contributed by atoms with Gasteiger partial charge >= 0.3 is 6.03 Å². The van der Waals surface area contributed by atoms with E-state index in [1.54, 1.807) is 0 Å². The van der Waals surface area contributed by atoms with Gasteiger partial charge in [-0.15, -0.1) is 0 Å². The van der Waals surface area contributed by atoms with Crippen molar-refractivity contribution >= 4 is 17.4 Å². The Labute approximate surface area is 155 Å². The Morgan fingerprint density at radius 1 is 1.38 bits per heavy atom. The zero-order valence-electron chi connectivity index (χ0n) is 15.6. The number of fused-ring (bicyclic) bond motifs is 1. The number of hydrogen-bond acceptors (Lipinski definition) is 4. The van der Waals surface area contributed by atoms with E-state index in [-0.39, 0.29) is 6.03 Å². The van der Waals surface area contributed by atoms with Crippen molar-refractivity contribution in [3.05, 3.63) is 23.8 Å². The summed E-state index contributed by atoms with van der Waals surface area (Å²) in [7, 11) is 0. The van der Waals surface area contributed by atoms with E-state index in [2.05, 4.69) is 34.1 Å². The lowest BCUT2D eigenvalue weighted by Crippen LogP contribution is -2.49. The Morgan fingerprint density at radius 2 is 2.31 bits per heavy atom. The molecule has 3 atom stereocenters. The molecule has 0 bridgehead atoms. The van der Waals surface area contributed by atoms with E-state index >= 15 is 0 Å². The maximum absolute atomic E-state index is 12.3. The average Bonchev–Trinajstić information content (AvgIpc) is 3.29. The summed E-state index contributed by atoms with van der Waals surface area (Å²) >= 11 is 0. The van der Waals surface area contributed by atoms with Crippen LogP contribution in [0, 0.1) is 5.92 Å². The average molecular weight is 358 g/mol. The third-order valence-electron chi connectivity index (χ3n) is 5.94. The van der Waals surface area contributed by atoms with Gasteiger partial charge in [-0.1, -0.05) is 12.5 Å². The summed E-state index contributed by atoms with van der Waals surface area (Å²) < 4.78 is 5.68. The van der Waals surface area contributed by atoms with Gasteiger partial charge < -0.3 is 20.7 Å². The molecule has 2 amide bonds. The molecular formula is C20H30N4O2. The standard InChI is InChI=1S/C20H30N4O2/c1-2-21-20(25)24-10-8-14-6-7-15(12-19(14)24)23-17-5-3-4-16(17)18-13-26-11-9-22-18/h6-7,12,16-18,22-23H,2-5,8-11,13H2,1H3,(H,21,25). The molecule has 0 radical (unpaired) electrons. The van der Waals surface area contributed by atoms with Crippen molar-refractivity contribution in [1.29, 1.82) is 0 Å². The number of carbonyl (C=O) groups excluding carboxylic acids is 1. The first-order chi connectivity index (χ1) is 12.8. The normalized spacial score (nSPS) is 28.0. The lowest BCUT2D eigenvalue weighted by Gasteiger charge is -2.33. The van der Waals surface area contributed by atoms with Crippen LogP contribution in [0.2, 0.25) is 0 Å². The van der Waals surface area contributed by atoms with Gasteiger partial charge in [0.2, 0.25) is 0 Å². The minimum absolute atomic E-state index is 0.00528. The summed E-state index contributed by atoms with van der Waals surface area (Å²) in [5, 5.41) is 10.3. The summed E-state index contributed by atoms with van der Waals surface area (Å²) in [6.07, 6.45) is 4.63. The van der Waals surface area contributed by atoms with E-state index in [1.165, 1.54) is 24.8 Å². The fourth-order valence-corrected chi connectivity index (χ4v) is 4.65. The van der Waals surface area contributed by atoms with Gasteiger partial charge in [-0.3, -0.25) is 4.90 Å². The topological polar surface area (TPSA) is 65.6 Å². The zero-order chi connectivity index (χ0) is 17.9. The minimum atomic E-state index is 0.00528. The molecule has 142 valence electrons. The number of rotatable bonds is 4. The Hall–Kier alpha value is -1.79. The van der Waals surface area contributed by atoms with Crippen LogP contribution in [-0.4, -0.2) is 51.0 Å². The highest BCUT2D eigenvalue weighted by atomic mass is 16.5. The van der Waals surface area contributed by atoms with E-state index in [0.29, 0.717) is 24.5 Å². The minimum Gasteiger partial charge on any atom is -0.382 e. The first-order valence-electron chi connectivity index (χ1n) is 10.0. The highest BCUT2D eigenvalue weighted by Crippen LogP contribution is 2.35. The molecule has 2 aliphatic heterocycles. The number of morpholine rings is 1. The molecule has 3 N–H and O–H groups in total. The molecule has 3 aliphatic rings. The van der Waals surface area contributed by atoms with Gasteiger partial charge in [0, 0.05) is 37.4 Å². The summed E-state index contributed by atoms with van der Waals surface area (Å²) in [6, 6.07) is 7.41. The molecule has 1 aliphatic carbocycles. The molecule has 1 saturated carbocycles. The van der Waals surface area contributed by atoms with E-state index in [0.717, 1.165) is 44.1 Å². The molecule has 26 heavy (non-hydrogen) atoms. The molecule has 2 heterocycles. The number of amides is 2. The van der Waals surface area contributed by atoms with Crippen LogP contribution in [0.3, 0.4) is 0 Å². The molecule has 0 spiro atoms. The van der Waals surface area contributed by atoms with Crippen LogP contribution in [0.15, 0.2) is 18.2 Å². The predicted octanol–water partition coefficient (Wildman–Crippen LogP) is 2.35. The van der Waals surface area contributed by atoms with Crippen molar-refractivity contribution in [2.75, 3.05) is 43.1 Å². The zero-order valence-corrected chi connectivity index (χ0v) is 15.6. The van der Waals surface area contributed by atoms with Gasteiger partial charge in [-0.2, -0.15) is 0 Å².